The average Bonchev–Trinajstić information content (AvgIpc) is 2.63. The fourth-order valence-corrected chi connectivity index (χ4v) is 4.69. The van der Waals surface area contributed by atoms with Gasteiger partial charge in [-0.3, -0.25) is 4.79 Å². The van der Waals surface area contributed by atoms with Crippen LogP contribution in [0.4, 0.5) is 0 Å². The predicted molar refractivity (Wildman–Crippen MR) is 107 cm³/mol. The van der Waals surface area contributed by atoms with E-state index in [1.165, 1.54) is 6.92 Å². The number of aliphatic hydroxyl groups is 1. The van der Waals surface area contributed by atoms with Gasteiger partial charge in [0.05, 0.1) is 15.6 Å². The van der Waals surface area contributed by atoms with E-state index < -0.39 is 26.1 Å². The SMILES string of the molecule is C[C@H](O)c1nc2ccccc2c(=O)n1N=S(=O)(c1ccccc1)C(C)(C)C. The first-order valence-electron chi connectivity index (χ1n) is 8.67. The monoisotopic (exact) mass is 385 g/mol. The third-order valence-corrected chi connectivity index (χ3v) is 7.21. The fraction of sp³-hybridized carbons (Fsp3) is 0.300. The van der Waals surface area contributed by atoms with Crippen LogP contribution >= 0.6 is 0 Å². The number of hydrogen-bond acceptors (Lipinski definition) is 5. The summed E-state index contributed by atoms with van der Waals surface area (Å²) < 4.78 is 18.7. The molecule has 1 unspecified atom stereocenters. The van der Waals surface area contributed by atoms with Crippen molar-refractivity contribution in [3.63, 3.8) is 0 Å². The summed E-state index contributed by atoms with van der Waals surface area (Å²) in [5, 5.41) is 10.5. The first-order chi connectivity index (χ1) is 12.6. The van der Waals surface area contributed by atoms with Crippen molar-refractivity contribution in [2.24, 2.45) is 4.47 Å². The van der Waals surface area contributed by atoms with Crippen molar-refractivity contribution in [1.29, 1.82) is 0 Å². The van der Waals surface area contributed by atoms with E-state index in [9.17, 15) is 14.1 Å². The summed E-state index contributed by atoms with van der Waals surface area (Å²) in [6.07, 6.45) is -1.05. The Kier molecular flexibility index (Phi) is 4.92. The van der Waals surface area contributed by atoms with Gasteiger partial charge in [0, 0.05) is 4.90 Å². The Bertz CT molecular complexity index is 1150. The highest BCUT2D eigenvalue weighted by Gasteiger charge is 2.30. The first-order valence-corrected chi connectivity index (χ1v) is 10.2. The fourth-order valence-electron chi connectivity index (χ4n) is 2.73. The van der Waals surface area contributed by atoms with Crippen LogP contribution in [0.15, 0.2) is 68.8 Å². The summed E-state index contributed by atoms with van der Waals surface area (Å²) in [4.78, 5) is 18.0. The molecule has 2 aromatic carbocycles. The maximum absolute atomic E-state index is 14.0. The van der Waals surface area contributed by atoms with Crippen LogP contribution in [0.3, 0.4) is 0 Å². The normalized spacial score (nSPS) is 15.3. The molecule has 1 heterocycles. The molecule has 1 aromatic heterocycles. The summed E-state index contributed by atoms with van der Waals surface area (Å²) in [5.74, 6) is 0.0617. The highest BCUT2D eigenvalue weighted by atomic mass is 32.2. The molecular weight excluding hydrogens is 362 g/mol. The van der Waals surface area contributed by atoms with Gasteiger partial charge >= 0.3 is 0 Å². The van der Waals surface area contributed by atoms with Gasteiger partial charge in [0.2, 0.25) is 0 Å². The molecule has 0 bridgehead atoms. The van der Waals surface area contributed by atoms with Crippen LogP contribution in [0.25, 0.3) is 10.9 Å². The highest BCUT2D eigenvalue weighted by Crippen LogP contribution is 2.28. The van der Waals surface area contributed by atoms with Gasteiger partial charge in [0.15, 0.2) is 5.82 Å². The van der Waals surface area contributed by atoms with Crippen LogP contribution in [0, 0.1) is 0 Å². The number of benzene rings is 2. The smallest absolute Gasteiger partial charge is 0.282 e. The molecule has 0 saturated heterocycles. The van der Waals surface area contributed by atoms with Crippen molar-refractivity contribution in [2.45, 2.75) is 43.4 Å². The molecule has 27 heavy (non-hydrogen) atoms. The minimum absolute atomic E-state index is 0.0617. The Morgan fingerprint density at radius 2 is 1.67 bits per heavy atom. The molecule has 2 atom stereocenters. The summed E-state index contributed by atoms with van der Waals surface area (Å²) >= 11 is 0. The molecule has 7 heteroatoms. The number of nitrogens with zero attached hydrogens (tertiary/aromatic N) is 3. The zero-order valence-corrected chi connectivity index (χ0v) is 16.6. The quantitative estimate of drug-likeness (QED) is 0.747. The van der Waals surface area contributed by atoms with Crippen LogP contribution in [0.5, 0.6) is 0 Å². The Morgan fingerprint density at radius 1 is 1.07 bits per heavy atom. The third kappa shape index (κ3) is 3.40. The Morgan fingerprint density at radius 3 is 2.26 bits per heavy atom. The van der Waals surface area contributed by atoms with Gasteiger partial charge in [-0.15, -0.1) is 4.47 Å². The maximum Gasteiger partial charge on any atom is 0.282 e. The predicted octanol–water partition coefficient (Wildman–Crippen LogP) is 3.54. The van der Waals surface area contributed by atoms with Crippen LogP contribution in [-0.2, 0) is 9.73 Å². The molecular formula is C20H23N3O3S. The van der Waals surface area contributed by atoms with E-state index in [1.54, 1.807) is 48.5 Å². The Hall–Kier alpha value is -2.51. The summed E-state index contributed by atoms with van der Waals surface area (Å²) in [6.45, 7) is 6.94. The van der Waals surface area contributed by atoms with Crippen molar-refractivity contribution in [2.75, 3.05) is 0 Å². The minimum atomic E-state index is -3.05. The number of hydrogen-bond donors (Lipinski definition) is 1. The van der Waals surface area contributed by atoms with Gasteiger partial charge in [-0.1, -0.05) is 30.3 Å². The van der Waals surface area contributed by atoms with E-state index >= 15 is 0 Å². The van der Waals surface area contributed by atoms with E-state index in [-0.39, 0.29) is 5.82 Å². The lowest BCUT2D eigenvalue weighted by molar-refractivity contribution is 0.183. The Balaban J connectivity index is 2.46. The number of aromatic nitrogens is 2. The van der Waals surface area contributed by atoms with Crippen LogP contribution in [-0.4, -0.2) is 23.7 Å². The minimum Gasteiger partial charge on any atom is -0.385 e. The molecule has 6 nitrogen and oxygen atoms in total. The molecule has 1 N–H and O–H groups in total. The standard InChI is InChI=1S/C20H23N3O3S/c1-14(24)18-21-17-13-9-8-12-16(17)19(25)23(18)22-27(26,20(2,3)4)15-10-6-5-7-11-15/h5-14,24H,1-4H3/t14-,27?/m0/s1. The van der Waals surface area contributed by atoms with E-state index in [0.29, 0.717) is 15.8 Å². The molecule has 142 valence electrons. The summed E-state index contributed by atoms with van der Waals surface area (Å²) in [5.41, 5.74) is 0.0104. The number of rotatable bonds is 3. The zero-order valence-electron chi connectivity index (χ0n) is 15.8. The molecule has 3 aromatic rings. The lowest BCUT2D eigenvalue weighted by atomic mass is 10.2. The van der Waals surface area contributed by atoms with Gasteiger partial charge in [-0.25, -0.2) is 9.19 Å². The molecule has 0 aliphatic heterocycles. The lowest BCUT2D eigenvalue weighted by Crippen LogP contribution is -2.32. The van der Waals surface area contributed by atoms with Gasteiger partial charge < -0.3 is 5.11 Å². The summed E-state index contributed by atoms with van der Waals surface area (Å²) in [7, 11) is -3.05. The van der Waals surface area contributed by atoms with Crippen molar-refractivity contribution in [1.82, 2.24) is 9.66 Å². The van der Waals surface area contributed by atoms with E-state index in [4.69, 9.17) is 0 Å². The topological polar surface area (TPSA) is 84.6 Å². The molecule has 3 rings (SSSR count). The molecule has 0 aliphatic carbocycles. The van der Waals surface area contributed by atoms with Crippen molar-refractivity contribution in [3.05, 3.63) is 70.8 Å². The van der Waals surface area contributed by atoms with Crippen molar-refractivity contribution >= 4 is 20.6 Å². The van der Waals surface area contributed by atoms with Crippen LogP contribution in [0.1, 0.15) is 39.6 Å². The van der Waals surface area contributed by atoms with Crippen LogP contribution < -0.4 is 5.56 Å². The molecule has 0 spiro atoms. The highest BCUT2D eigenvalue weighted by molar-refractivity contribution is 7.95. The van der Waals surface area contributed by atoms with E-state index in [2.05, 4.69) is 9.46 Å². The number of aliphatic hydroxyl groups excluding tert-OH is 1. The van der Waals surface area contributed by atoms with Crippen molar-refractivity contribution < 1.29 is 9.32 Å². The maximum atomic E-state index is 14.0. The second-order valence-corrected chi connectivity index (χ2v) is 10.2. The van der Waals surface area contributed by atoms with Crippen molar-refractivity contribution in [3.8, 4) is 0 Å². The van der Waals surface area contributed by atoms with Gasteiger partial charge in [0.25, 0.3) is 5.56 Å². The first kappa shape index (κ1) is 19.3. The lowest BCUT2D eigenvalue weighted by Gasteiger charge is -2.25. The van der Waals surface area contributed by atoms with Gasteiger partial charge in [-0.2, -0.15) is 4.68 Å². The second-order valence-electron chi connectivity index (χ2n) is 7.31. The molecule has 0 fully saturated rings. The average molecular weight is 385 g/mol. The number of fused-ring (bicyclic) bond motifs is 1. The second kappa shape index (κ2) is 6.90. The molecule has 0 amide bonds. The van der Waals surface area contributed by atoms with E-state index in [1.807, 2.05) is 26.8 Å². The zero-order chi connectivity index (χ0) is 19.8. The van der Waals surface area contributed by atoms with Gasteiger partial charge in [-0.05, 0) is 52.0 Å². The molecule has 0 aliphatic rings. The van der Waals surface area contributed by atoms with Gasteiger partial charge in [0.1, 0.15) is 15.8 Å². The van der Waals surface area contributed by atoms with E-state index in [0.717, 1.165) is 4.68 Å². The number of para-hydroxylation sites is 1. The summed E-state index contributed by atoms with van der Waals surface area (Å²) in [6, 6.07) is 15.7. The Labute approximate surface area is 158 Å². The molecule has 0 saturated carbocycles. The largest absolute Gasteiger partial charge is 0.385 e. The third-order valence-electron chi connectivity index (χ3n) is 4.24. The van der Waals surface area contributed by atoms with Crippen LogP contribution in [0.2, 0.25) is 0 Å². The molecule has 0 radical (unpaired) electrons.